The molecule has 0 aliphatic heterocycles. The lowest BCUT2D eigenvalue weighted by atomic mass is 10.1. The summed E-state index contributed by atoms with van der Waals surface area (Å²) in [6.07, 6.45) is 9.40. The third-order valence-corrected chi connectivity index (χ3v) is 3.76. The van der Waals surface area contributed by atoms with E-state index >= 15 is 0 Å². The van der Waals surface area contributed by atoms with Gasteiger partial charge in [0.1, 0.15) is 4.60 Å². The monoisotopic (exact) mass is 294 g/mol. The minimum atomic E-state index is 0.535. The van der Waals surface area contributed by atoms with Crippen molar-refractivity contribution < 1.29 is 0 Å². The molecule has 1 aliphatic carbocycles. The third-order valence-electron chi connectivity index (χ3n) is 3.38. The van der Waals surface area contributed by atoms with Crippen molar-refractivity contribution in [3.8, 4) is 0 Å². The highest BCUT2D eigenvalue weighted by atomic mass is 79.9. The molecule has 1 fully saturated rings. The molecule has 2 unspecified atom stereocenters. The average Bonchev–Trinajstić information content (AvgIpc) is 2.87. The van der Waals surface area contributed by atoms with Crippen LogP contribution in [0.4, 0.5) is 5.82 Å². The van der Waals surface area contributed by atoms with Gasteiger partial charge < -0.3 is 9.72 Å². The van der Waals surface area contributed by atoms with E-state index in [4.69, 9.17) is 0 Å². The first-order chi connectivity index (χ1) is 8.22. The Hall–Kier alpha value is -1.10. The lowest BCUT2D eigenvalue weighted by molar-refractivity contribution is 0.602. The van der Waals surface area contributed by atoms with Crippen molar-refractivity contribution in [1.82, 2.24) is 14.4 Å². The van der Waals surface area contributed by atoms with Crippen LogP contribution in [0, 0.1) is 5.92 Å². The van der Waals surface area contributed by atoms with Gasteiger partial charge in [0.2, 0.25) is 0 Å². The van der Waals surface area contributed by atoms with Crippen LogP contribution in [-0.4, -0.2) is 20.4 Å². The van der Waals surface area contributed by atoms with E-state index in [1.54, 1.807) is 6.20 Å². The van der Waals surface area contributed by atoms with Gasteiger partial charge in [0.25, 0.3) is 0 Å². The Morgan fingerprint density at radius 1 is 1.47 bits per heavy atom. The number of anilines is 1. The van der Waals surface area contributed by atoms with E-state index < -0.39 is 0 Å². The number of hydrogen-bond acceptors (Lipinski definition) is 3. The van der Waals surface area contributed by atoms with Gasteiger partial charge in [-0.2, -0.15) is 0 Å². The molecule has 0 amide bonds. The zero-order valence-corrected chi connectivity index (χ0v) is 11.3. The first kappa shape index (κ1) is 11.0. The average molecular weight is 295 g/mol. The van der Waals surface area contributed by atoms with E-state index in [2.05, 4.69) is 38.1 Å². The molecule has 5 heteroatoms. The van der Waals surface area contributed by atoms with Crippen molar-refractivity contribution in [1.29, 1.82) is 0 Å². The lowest BCUT2D eigenvalue weighted by Gasteiger charge is -2.13. The number of rotatable bonds is 2. The van der Waals surface area contributed by atoms with E-state index in [0.29, 0.717) is 6.04 Å². The van der Waals surface area contributed by atoms with E-state index in [0.717, 1.165) is 22.0 Å². The normalized spacial score (nSPS) is 24.4. The van der Waals surface area contributed by atoms with Gasteiger partial charge >= 0.3 is 0 Å². The second kappa shape index (κ2) is 4.29. The molecule has 0 spiro atoms. The van der Waals surface area contributed by atoms with Crippen LogP contribution in [0.3, 0.4) is 0 Å². The van der Waals surface area contributed by atoms with Crippen LogP contribution < -0.4 is 5.32 Å². The summed E-state index contributed by atoms with van der Waals surface area (Å²) in [5, 5.41) is 3.52. The molecule has 1 N–H and O–H groups in total. The predicted molar refractivity (Wildman–Crippen MR) is 71.1 cm³/mol. The molecule has 1 saturated carbocycles. The molecule has 2 aromatic heterocycles. The first-order valence-electron chi connectivity index (χ1n) is 5.98. The summed E-state index contributed by atoms with van der Waals surface area (Å²) >= 11 is 3.43. The number of aromatic nitrogens is 3. The van der Waals surface area contributed by atoms with Gasteiger partial charge in [-0.3, -0.25) is 0 Å². The van der Waals surface area contributed by atoms with Gasteiger partial charge in [0.05, 0.1) is 0 Å². The second-order valence-corrected chi connectivity index (χ2v) is 5.64. The molecule has 2 atom stereocenters. The molecule has 2 heterocycles. The summed E-state index contributed by atoms with van der Waals surface area (Å²) in [7, 11) is 0. The van der Waals surface area contributed by atoms with Crippen LogP contribution in [0.5, 0.6) is 0 Å². The Morgan fingerprint density at radius 3 is 3.12 bits per heavy atom. The highest BCUT2D eigenvalue weighted by Crippen LogP contribution is 2.28. The topological polar surface area (TPSA) is 42.2 Å². The third kappa shape index (κ3) is 2.16. The van der Waals surface area contributed by atoms with Crippen molar-refractivity contribution >= 4 is 27.4 Å². The molecule has 2 aromatic rings. The maximum atomic E-state index is 4.48. The van der Waals surface area contributed by atoms with Crippen molar-refractivity contribution in [2.75, 3.05) is 5.32 Å². The standard InChI is InChI=1S/C12H15BrN4/c1-8-2-3-9(6-8)15-11-12-14-4-5-17(12)7-10(13)16-11/h4-5,7-9H,2-3,6H2,1H3,(H,15,16). The lowest BCUT2D eigenvalue weighted by Crippen LogP contribution is -2.17. The van der Waals surface area contributed by atoms with Crippen molar-refractivity contribution in [3.05, 3.63) is 23.2 Å². The summed E-state index contributed by atoms with van der Waals surface area (Å²) in [6, 6.07) is 0.535. The fourth-order valence-corrected chi connectivity index (χ4v) is 2.93. The van der Waals surface area contributed by atoms with Gasteiger partial charge in [-0.1, -0.05) is 6.92 Å². The smallest absolute Gasteiger partial charge is 0.180 e. The molecule has 1 aliphatic rings. The van der Waals surface area contributed by atoms with Crippen LogP contribution in [0.1, 0.15) is 26.2 Å². The molecular weight excluding hydrogens is 280 g/mol. The quantitative estimate of drug-likeness (QED) is 0.925. The van der Waals surface area contributed by atoms with Crippen molar-refractivity contribution in [3.63, 3.8) is 0 Å². The molecule has 3 rings (SSSR count). The number of halogens is 1. The minimum Gasteiger partial charge on any atom is -0.364 e. The Kier molecular flexibility index (Phi) is 2.78. The predicted octanol–water partition coefficient (Wildman–Crippen LogP) is 3.09. The molecule has 0 saturated heterocycles. The Bertz CT molecular complexity index is 536. The number of nitrogens with one attached hydrogen (secondary N) is 1. The van der Waals surface area contributed by atoms with E-state index in [1.165, 1.54) is 19.3 Å². The highest BCUT2D eigenvalue weighted by molar-refractivity contribution is 9.10. The van der Waals surface area contributed by atoms with E-state index in [9.17, 15) is 0 Å². The van der Waals surface area contributed by atoms with Gasteiger partial charge in [-0.05, 0) is 41.1 Å². The molecule has 0 radical (unpaired) electrons. The maximum absolute atomic E-state index is 4.48. The fraction of sp³-hybridized carbons (Fsp3) is 0.500. The Balaban J connectivity index is 1.91. The largest absolute Gasteiger partial charge is 0.364 e. The summed E-state index contributed by atoms with van der Waals surface area (Å²) < 4.78 is 2.81. The molecule has 0 bridgehead atoms. The minimum absolute atomic E-state index is 0.535. The van der Waals surface area contributed by atoms with Crippen LogP contribution in [0.2, 0.25) is 0 Å². The van der Waals surface area contributed by atoms with Crippen LogP contribution in [0.25, 0.3) is 5.65 Å². The van der Waals surface area contributed by atoms with Gasteiger partial charge in [0.15, 0.2) is 11.5 Å². The zero-order chi connectivity index (χ0) is 11.8. The van der Waals surface area contributed by atoms with Crippen LogP contribution in [0.15, 0.2) is 23.2 Å². The van der Waals surface area contributed by atoms with Gasteiger partial charge in [-0.25, -0.2) is 9.97 Å². The van der Waals surface area contributed by atoms with Gasteiger partial charge in [-0.15, -0.1) is 0 Å². The molecule has 4 nitrogen and oxygen atoms in total. The van der Waals surface area contributed by atoms with Crippen molar-refractivity contribution in [2.45, 2.75) is 32.2 Å². The number of nitrogens with zero attached hydrogens (tertiary/aromatic N) is 3. The van der Waals surface area contributed by atoms with Crippen LogP contribution in [-0.2, 0) is 0 Å². The van der Waals surface area contributed by atoms with E-state index in [1.807, 2.05) is 16.8 Å². The molecule has 90 valence electrons. The van der Waals surface area contributed by atoms with Crippen LogP contribution >= 0.6 is 15.9 Å². The summed E-state index contributed by atoms with van der Waals surface area (Å²) in [5.41, 5.74) is 0.896. The first-order valence-corrected chi connectivity index (χ1v) is 6.77. The zero-order valence-electron chi connectivity index (χ0n) is 9.73. The summed E-state index contributed by atoms with van der Waals surface area (Å²) in [6.45, 7) is 2.31. The fourth-order valence-electron chi connectivity index (χ4n) is 2.53. The number of hydrogen-bond donors (Lipinski definition) is 1. The summed E-state index contributed by atoms with van der Waals surface area (Å²) in [5.74, 6) is 1.69. The molecule has 17 heavy (non-hydrogen) atoms. The Labute approximate surface area is 109 Å². The molecule has 0 aromatic carbocycles. The van der Waals surface area contributed by atoms with Crippen molar-refractivity contribution in [2.24, 2.45) is 5.92 Å². The van der Waals surface area contributed by atoms with E-state index in [-0.39, 0.29) is 0 Å². The maximum Gasteiger partial charge on any atom is 0.180 e. The number of imidazole rings is 1. The molecular formula is C12H15BrN4. The second-order valence-electron chi connectivity index (χ2n) is 4.83. The highest BCUT2D eigenvalue weighted by Gasteiger charge is 2.22. The van der Waals surface area contributed by atoms with Gasteiger partial charge in [0, 0.05) is 24.6 Å². The summed E-state index contributed by atoms with van der Waals surface area (Å²) in [4.78, 5) is 8.82. The Morgan fingerprint density at radius 2 is 2.35 bits per heavy atom. The number of fused-ring (bicyclic) bond motifs is 1. The SMILES string of the molecule is CC1CCC(Nc2nc(Br)cn3ccnc23)C1.